The Morgan fingerprint density at radius 1 is 1.16 bits per heavy atom. The zero-order valence-corrected chi connectivity index (χ0v) is 20.6. The number of anilines is 1. The number of ether oxygens (including phenoxy) is 3. The molecule has 0 aromatic carbocycles. The van der Waals surface area contributed by atoms with Gasteiger partial charge in [0, 0.05) is 45.4 Å². The Morgan fingerprint density at radius 2 is 1.92 bits per heavy atom. The van der Waals surface area contributed by atoms with Gasteiger partial charge in [-0.1, -0.05) is 0 Å². The maximum Gasteiger partial charge on any atom is 0.425 e. The van der Waals surface area contributed by atoms with Crippen LogP contribution in [0.5, 0.6) is 5.75 Å². The summed E-state index contributed by atoms with van der Waals surface area (Å²) in [4.78, 5) is 33.0. The number of H-pyrrole nitrogens is 1. The Labute approximate surface area is 216 Å². The predicted molar refractivity (Wildman–Crippen MR) is 126 cm³/mol. The van der Waals surface area contributed by atoms with Gasteiger partial charge in [-0.15, -0.1) is 0 Å². The monoisotopic (exact) mass is 536 g/mol. The zero-order valence-electron chi connectivity index (χ0n) is 20.6. The van der Waals surface area contributed by atoms with Crippen LogP contribution in [0.1, 0.15) is 30.4 Å². The quantitative estimate of drug-likeness (QED) is 0.509. The molecule has 14 heteroatoms. The lowest BCUT2D eigenvalue weighted by molar-refractivity contribution is -0.142. The molecule has 2 aromatic rings. The highest BCUT2D eigenvalue weighted by molar-refractivity contribution is 5.83. The number of nitriles is 1. The van der Waals surface area contributed by atoms with E-state index < -0.39 is 35.3 Å². The van der Waals surface area contributed by atoms with Crippen molar-refractivity contribution < 1.29 is 32.2 Å². The molecule has 0 radical (unpaired) electrons. The molecule has 2 aliphatic rings. The number of carbonyl (C=O) groups excluding carboxylic acids is 1. The van der Waals surface area contributed by atoms with Crippen molar-refractivity contribution in [1.29, 1.82) is 5.26 Å². The van der Waals surface area contributed by atoms with E-state index in [0.717, 1.165) is 24.9 Å². The topological polar surface area (TPSA) is 134 Å². The van der Waals surface area contributed by atoms with Crippen LogP contribution in [-0.4, -0.2) is 84.2 Å². The molecule has 2 saturated heterocycles. The molecular formula is C24H27F3N6O5. The number of hydrogen-bond donors (Lipinski definition) is 1. The summed E-state index contributed by atoms with van der Waals surface area (Å²) >= 11 is 0. The molecule has 0 saturated carbocycles. The molecule has 2 aliphatic heterocycles. The second-order valence-corrected chi connectivity index (χ2v) is 9.01. The average Bonchev–Trinajstić information content (AvgIpc) is 3.27. The van der Waals surface area contributed by atoms with Gasteiger partial charge in [-0.25, -0.2) is 10.1 Å². The summed E-state index contributed by atoms with van der Waals surface area (Å²) in [5.74, 6) is -0.135. The van der Waals surface area contributed by atoms with Crippen molar-refractivity contribution in [2.45, 2.75) is 43.7 Å². The molecule has 1 unspecified atom stereocenters. The van der Waals surface area contributed by atoms with Gasteiger partial charge < -0.3 is 24.0 Å². The number of aromatic amines is 1. The summed E-state index contributed by atoms with van der Waals surface area (Å²) in [6, 6.07) is 5.61. The van der Waals surface area contributed by atoms with Crippen LogP contribution in [0.2, 0.25) is 0 Å². The van der Waals surface area contributed by atoms with Crippen LogP contribution in [0.25, 0.3) is 0 Å². The molecule has 2 fully saturated rings. The predicted octanol–water partition coefficient (Wildman–Crippen LogP) is 1.74. The molecule has 2 atom stereocenters. The number of nitrogens with one attached hydrogen (secondary N) is 1. The third-order valence-corrected chi connectivity index (χ3v) is 6.53. The minimum Gasteiger partial charge on any atom is -0.483 e. The fourth-order valence-electron chi connectivity index (χ4n) is 4.68. The van der Waals surface area contributed by atoms with E-state index in [1.807, 2.05) is 12.1 Å². The van der Waals surface area contributed by atoms with Crippen molar-refractivity contribution in [1.82, 2.24) is 20.1 Å². The maximum absolute atomic E-state index is 13.3. The normalized spacial score (nSPS) is 19.4. The van der Waals surface area contributed by atoms with Crippen LogP contribution in [0.4, 0.5) is 19.0 Å². The van der Waals surface area contributed by atoms with E-state index in [0.29, 0.717) is 31.6 Å². The molecule has 1 N–H and O–H groups in total. The Morgan fingerprint density at radius 3 is 2.55 bits per heavy atom. The van der Waals surface area contributed by atoms with Gasteiger partial charge in [0.2, 0.25) is 0 Å². The van der Waals surface area contributed by atoms with Gasteiger partial charge in [-0.05, 0) is 25.0 Å². The summed E-state index contributed by atoms with van der Waals surface area (Å²) in [7, 11) is 1.35. The first kappa shape index (κ1) is 27.3. The number of halogens is 3. The summed E-state index contributed by atoms with van der Waals surface area (Å²) in [5, 5.41) is 14.1. The minimum atomic E-state index is -4.95. The first-order valence-corrected chi connectivity index (χ1v) is 12.0. The van der Waals surface area contributed by atoms with Crippen molar-refractivity contribution in [3.05, 3.63) is 46.0 Å². The van der Waals surface area contributed by atoms with Crippen LogP contribution >= 0.6 is 0 Å². The number of nitrogens with zero attached hydrogens (tertiary/aromatic N) is 5. The fraction of sp³-hybridized carbons (Fsp3) is 0.542. The van der Waals surface area contributed by atoms with Crippen LogP contribution in [0.3, 0.4) is 0 Å². The number of pyridine rings is 1. The lowest BCUT2D eigenvalue weighted by Crippen LogP contribution is -2.47. The molecule has 0 spiro atoms. The van der Waals surface area contributed by atoms with E-state index in [-0.39, 0.29) is 25.2 Å². The van der Waals surface area contributed by atoms with E-state index in [9.17, 15) is 22.8 Å². The van der Waals surface area contributed by atoms with E-state index in [4.69, 9.17) is 19.5 Å². The lowest BCUT2D eigenvalue weighted by Gasteiger charge is -2.37. The highest BCUT2D eigenvalue weighted by Gasteiger charge is 2.40. The Hall–Kier alpha value is -3.70. The van der Waals surface area contributed by atoms with Gasteiger partial charge >= 0.3 is 6.18 Å². The van der Waals surface area contributed by atoms with Crippen LogP contribution in [-0.2, 0) is 20.4 Å². The second-order valence-electron chi connectivity index (χ2n) is 9.01. The first-order chi connectivity index (χ1) is 18.2. The van der Waals surface area contributed by atoms with Gasteiger partial charge in [-0.3, -0.25) is 9.59 Å². The summed E-state index contributed by atoms with van der Waals surface area (Å²) in [5.41, 5.74) is -2.43. The van der Waals surface area contributed by atoms with Crippen LogP contribution < -0.4 is 15.2 Å². The van der Waals surface area contributed by atoms with Gasteiger partial charge in [0.1, 0.15) is 24.1 Å². The van der Waals surface area contributed by atoms with E-state index >= 15 is 0 Å². The number of hydrogen-bond acceptors (Lipinski definition) is 9. The maximum atomic E-state index is 13.3. The second kappa shape index (κ2) is 11.8. The Kier molecular flexibility index (Phi) is 8.48. The van der Waals surface area contributed by atoms with Crippen molar-refractivity contribution in [2.24, 2.45) is 0 Å². The van der Waals surface area contributed by atoms with Gasteiger partial charge in [0.25, 0.3) is 11.5 Å². The van der Waals surface area contributed by atoms with Crippen molar-refractivity contribution >= 4 is 11.7 Å². The van der Waals surface area contributed by atoms with Gasteiger partial charge in [0.15, 0.2) is 11.3 Å². The third kappa shape index (κ3) is 6.22. The molecule has 4 heterocycles. The number of amides is 1. The standard InChI is InChI=1S/C24H27F3N6O5/c1-36-13-17(38-19-12-30-31-22(34)21(19)24(25,26)27)14-37-18-6-9-33(23(18)35)16-4-7-32(8-5-16)20-3-2-15(10-28)11-29-20/h2-3,11-12,16-18H,4-9,13-14H2,1H3,(H,31,34)/t17?,18-/m1/s1. The number of alkyl halides is 3. The molecule has 2 aromatic heterocycles. The Bertz CT molecular complexity index is 1210. The number of likely N-dealkylation sites (tertiary alicyclic amines) is 1. The molecule has 38 heavy (non-hydrogen) atoms. The summed E-state index contributed by atoms with van der Waals surface area (Å²) < 4.78 is 56.2. The van der Waals surface area contributed by atoms with Crippen molar-refractivity contribution in [2.75, 3.05) is 44.9 Å². The molecule has 11 nitrogen and oxygen atoms in total. The first-order valence-electron chi connectivity index (χ1n) is 12.0. The molecule has 1 amide bonds. The minimum absolute atomic E-state index is 0.0354. The Balaban J connectivity index is 1.32. The van der Waals surface area contributed by atoms with Crippen LogP contribution in [0, 0.1) is 11.3 Å². The number of carbonyl (C=O) groups is 1. The molecule has 4 rings (SSSR count). The zero-order chi connectivity index (χ0) is 27.3. The SMILES string of the molecule is COCC(CO[C@@H]1CCN(C2CCN(c3ccc(C#N)cn3)CC2)C1=O)Oc1cn[nH]c(=O)c1C(F)(F)F. The fourth-order valence-corrected chi connectivity index (χ4v) is 4.68. The van der Waals surface area contributed by atoms with Crippen molar-refractivity contribution in [3.63, 3.8) is 0 Å². The van der Waals surface area contributed by atoms with E-state index in [1.54, 1.807) is 16.1 Å². The van der Waals surface area contributed by atoms with E-state index in [1.165, 1.54) is 13.3 Å². The highest BCUT2D eigenvalue weighted by atomic mass is 19.4. The number of aromatic nitrogens is 3. The molecule has 0 aliphatic carbocycles. The lowest BCUT2D eigenvalue weighted by atomic mass is 10.0. The third-order valence-electron chi connectivity index (χ3n) is 6.53. The molecule has 0 bridgehead atoms. The number of rotatable bonds is 9. The smallest absolute Gasteiger partial charge is 0.425 e. The van der Waals surface area contributed by atoms with Crippen molar-refractivity contribution in [3.8, 4) is 11.8 Å². The highest BCUT2D eigenvalue weighted by Crippen LogP contribution is 2.33. The molecular weight excluding hydrogens is 509 g/mol. The number of piperidine rings is 1. The average molecular weight is 537 g/mol. The van der Waals surface area contributed by atoms with Gasteiger partial charge in [-0.2, -0.15) is 23.5 Å². The van der Waals surface area contributed by atoms with Gasteiger partial charge in [0.05, 0.1) is 25.0 Å². The number of methoxy groups -OCH3 is 1. The van der Waals surface area contributed by atoms with Crippen LogP contribution in [0.15, 0.2) is 29.3 Å². The summed E-state index contributed by atoms with van der Waals surface area (Å²) in [6.45, 7) is 1.57. The van der Waals surface area contributed by atoms with E-state index in [2.05, 4.69) is 15.0 Å². The molecule has 204 valence electrons. The summed E-state index contributed by atoms with van der Waals surface area (Å²) in [6.07, 6.45) is -2.48. The largest absolute Gasteiger partial charge is 0.483 e.